The quantitative estimate of drug-likeness (QED) is 0.440. The Morgan fingerprint density at radius 2 is 2.00 bits per heavy atom. The molecule has 0 aliphatic heterocycles. The van der Waals surface area contributed by atoms with E-state index >= 15 is 0 Å². The van der Waals surface area contributed by atoms with E-state index in [0.717, 1.165) is 6.54 Å². The average molecular weight is 155 g/mol. The van der Waals surface area contributed by atoms with Crippen LogP contribution in [0.5, 0.6) is 0 Å². The summed E-state index contributed by atoms with van der Waals surface area (Å²) in [5.74, 6) is 0. The minimum atomic E-state index is 1.13. The molecule has 0 aromatic rings. The molecule has 0 aromatic carbocycles. The van der Waals surface area contributed by atoms with Crippen LogP contribution in [0.1, 0.15) is 39.5 Å². The van der Waals surface area contributed by atoms with E-state index in [0.29, 0.717) is 0 Å². The molecule has 1 heteroatoms. The van der Waals surface area contributed by atoms with Gasteiger partial charge in [-0.1, -0.05) is 31.9 Å². The van der Waals surface area contributed by atoms with Gasteiger partial charge in [0.15, 0.2) is 0 Å². The number of allylic oxidation sites excluding steroid dienone is 1. The van der Waals surface area contributed by atoms with Crippen LogP contribution in [0.2, 0.25) is 0 Å². The lowest BCUT2D eigenvalue weighted by molar-refractivity contribution is 0.620. The molecule has 0 fully saturated rings. The molecular formula is C10H21N. The smallest absolute Gasteiger partial charge is 0.00143 e. The lowest BCUT2D eigenvalue weighted by Crippen LogP contribution is -2.15. The minimum Gasteiger partial charge on any atom is -0.316 e. The van der Waals surface area contributed by atoms with E-state index in [1.54, 1.807) is 0 Å². The average Bonchev–Trinajstić information content (AvgIpc) is 2.03. The van der Waals surface area contributed by atoms with Crippen LogP contribution in [0.3, 0.4) is 0 Å². The second-order valence-electron chi connectivity index (χ2n) is 2.81. The van der Waals surface area contributed by atoms with Crippen molar-refractivity contribution in [3.05, 3.63) is 12.2 Å². The van der Waals surface area contributed by atoms with Gasteiger partial charge < -0.3 is 5.32 Å². The highest BCUT2D eigenvalue weighted by atomic mass is 14.8. The maximum Gasteiger partial charge on any atom is -0.00143 e. The van der Waals surface area contributed by atoms with Crippen molar-refractivity contribution >= 4 is 0 Å². The Labute approximate surface area is 70.9 Å². The van der Waals surface area contributed by atoms with Gasteiger partial charge in [0.25, 0.3) is 0 Å². The van der Waals surface area contributed by atoms with Crippen molar-refractivity contribution in [2.24, 2.45) is 0 Å². The van der Waals surface area contributed by atoms with E-state index in [-0.39, 0.29) is 0 Å². The molecule has 0 radical (unpaired) electrons. The van der Waals surface area contributed by atoms with Crippen molar-refractivity contribution < 1.29 is 0 Å². The summed E-state index contributed by atoms with van der Waals surface area (Å²) in [4.78, 5) is 0. The number of hydrogen-bond acceptors (Lipinski definition) is 1. The van der Waals surface area contributed by atoms with Crippen molar-refractivity contribution in [2.75, 3.05) is 13.1 Å². The molecule has 0 rings (SSSR count). The first-order valence-electron chi connectivity index (χ1n) is 4.73. The van der Waals surface area contributed by atoms with Gasteiger partial charge in [-0.2, -0.15) is 0 Å². The molecule has 11 heavy (non-hydrogen) atoms. The van der Waals surface area contributed by atoms with Crippen LogP contribution in [0.15, 0.2) is 12.2 Å². The number of unbranched alkanes of at least 4 members (excludes halogenated alkanes) is 2. The van der Waals surface area contributed by atoms with Crippen molar-refractivity contribution in [2.45, 2.75) is 39.5 Å². The van der Waals surface area contributed by atoms with Crippen LogP contribution in [0.4, 0.5) is 0 Å². The van der Waals surface area contributed by atoms with Gasteiger partial charge >= 0.3 is 0 Å². The summed E-state index contributed by atoms with van der Waals surface area (Å²) < 4.78 is 0. The molecule has 0 atom stereocenters. The van der Waals surface area contributed by atoms with Crippen molar-refractivity contribution in [1.82, 2.24) is 5.32 Å². The fraction of sp³-hybridized carbons (Fsp3) is 0.800. The Morgan fingerprint density at radius 1 is 1.18 bits per heavy atom. The van der Waals surface area contributed by atoms with Crippen molar-refractivity contribution in [3.63, 3.8) is 0 Å². The summed E-state index contributed by atoms with van der Waals surface area (Å²) in [6.45, 7) is 6.62. The zero-order valence-corrected chi connectivity index (χ0v) is 7.90. The van der Waals surface area contributed by atoms with Crippen LogP contribution < -0.4 is 5.32 Å². The molecule has 0 aliphatic carbocycles. The summed E-state index contributed by atoms with van der Waals surface area (Å²) in [5, 5.41) is 3.40. The number of nitrogens with one attached hydrogen (secondary N) is 1. The predicted octanol–water partition coefficient (Wildman–Crippen LogP) is 2.73. The second kappa shape index (κ2) is 9.70. The highest BCUT2D eigenvalue weighted by Crippen LogP contribution is 1.90. The summed E-state index contributed by atoms with van der Waals surface area (Å²) in [6.07, 6.45) is 9.47. The molecule has 0 aromatic heterocycles. The first-order valence-corrected chi connectivity index (χ1v) is 4.73. The topological polar surface area (TPSA) is 12.0 Å². The van der Waals surface area contributed by atoms with Gasteiger partial charge in [-0.05, 0) is 32.9 Å². The lowest BCUT2D eigenvalue weighted by Gasteiger charge is -2.00. The van der Waals surface area contributed by atoms with E-state index in [4.69, 9.17) is 0 Å². The van der Waals surface area contributed by atoms with E-state index in [1.807, 2.05) is 0 Å². The molecule has 1 N–H and O–H groups in total. The molecule has 0 bridgehead atoms. The molecule has 1 nitrogen and oxygen atoms in total. The zero-order chi connectivity index (χ0) is 8.36. The third kappa shape index (κ3) is 9.70. The maximum absolute atomic E-state index is 3.40. The summed E-state index contributed by atoms with van der Waals surface area (Å²) in [5.41, 5.74) is 0. The van der Waals surface area contributed by atoms with Gasteiger partial charge in [-0.3, -0.25) is 0 Å². The largest absolute Gasteiger partial charge is 0.316 e. The third-order valence-corrected chi connectivity index (χ3v) is 1.68. The zero-order valence-electron chi connectivity index (χ0n) is 7.90. The Bertz CT molecular complexity index is 86.9. The predicted molar refractivity (Wildman–Crippen MR) is 51.8 cm³/mol. The number of hydrogen-bond donors (Lipinski definition) is 1. The molecule has 0 unspecified atom stereocenters. The van der Waals surface area contributed by atoms with Gasteiger partial charge in [-0.25, -0.2) is 0 Å². The van der Waals surface area contributed by atoms with Crippen LogP contribution in [0.25, 0.3) is 0 Å². The van der Waals surface area contributed by atoms with E-state index < -0.39 is 0 Å². The Balaban J connectivity index is 2.79. The summed E-state index contributed by atoms with van der Waals surface area (Å²) >= 11 is 0. The van der Waals surface area contributed by atoms with Crippen molar-refractivity contribution in [1.29, 1.82) is 0 Å². The monoisotopic (exact) mass is 155 g/mol. The van der Waals surface area contributed by atoms with E-state index in [9.17, 15) is 0 Å². The first-order chi connectivity index (χ1) is 5.41. The van der Waals surface area contributed by atoms with Gasteiger partial charge in [-0.15, -0.1) is 0 Å². The van der Waals surface area contributed by atoms with E-state index in [1.165, 1.54) is 32.2 Å². The van der Waals surface area contributed by atoms with Gasteiger partial charge in [0.1, 0.15) is 0 Å². The maximum atomic E-state index is 3.40. The first kappa shape index (κ1) is 10.7. The van der Waals surface area contributed by atoms with Gasteiger partial charge in [0, 0.05) is 0 Å². The summed E-state index contributed by atoms with van der Waals surface area (Å²) in [6, 6.07) is 0. The van der Waals surface area contributed by atoms with Crippen molar-refractivity contribution in [3.8, 4) is 0 Å². The second-order valence-corrected chi connectivity index (χ2v) is 2.81. The van der Waals surface area contributed by atoms with Gasteiger partial charge in [0.05, 0.1) is 0 Å². The number of rotatable bonds is 7. The standard InChI is InChI=1S/C10H21N/c1-3-5-7-9-11-10-8-6-4-2/h3,5,11H,4,6-10H2,1-2H3/b5-3+. The molecule has 66 valence electrons. The Morgan fingerprint density at radius 3 is 2.64 bits per heavy atom. The SMILES string of the molecule is C/C=C/CCNCCCCC. The molecule has 0 spiro atoms. The molecule has 0 heterocycles. The lowest BCUT2D eigenvalue weighted by atomic mass is 10.2. The third-order valence-electron chi connectivity index (χ3n) is 1.68. The highest BCUT2D eigenvalue weighted by molar-refractivity contribution is 4.77. The van der Waals surface area contributed by atoms with Crippen LogP contribution in [-0.2, 0) is 0 Å². The fourth-order valence-corrected chi connectivity index (χ4v) is 0.977. The summed E-state index contributed by atoms with van der Waals surface area (Å²) in [7, 11) is 0. The molecule has 0 aliphatic rings. The van der Waals surface area contributed by atoms with Crippen LogP contribution in [0, 0.1) is 0 Å². The normalized spacial score (nSPS) is 11.1. The Kier molecular flexibility index (Phi) is 9.44. The Hall–Kier alpha value is -0.300. The molecule has 0 saturated carbocycles. The van der Waals surface area contributed by atoms with Gasteiger partial charge in [0.2, 0.25) is 0 Å². The van der Waals surface area contributed by atoms with Crippen LogP contribution in [-0.4, -0.2) is 13.1 Å². The van der Waals surface area contributed by atoms with E-state index in [2.05, 4.69) is 31.3 Å². The molecule has 0 amide bonds. The minimum absolute atomic E-state index is 1.13. The molecule has 0 saturated heterocycles. The highest BCUT2D eigenvalue weighted by Gasteiger charge is 1.84. The molecular weight excluding hydrogens is 134 g/mol. The fourth-order valence-electron chi connectivity index (χ4n) is 0.977. The van der Waals surface area contributed by atoms with Crippen LogP contribution >= 0.6 is 0 Å².